The highest BCUT2D eigenvalue weighted by molar-refractivity contribution is 5.56. The van der Waals surface area contributed by atoms with Crippen LogP contribution in [-0.4, -0.2) is 0 Å². The predicted molar refractivity (Wildman–Crippen MR) is 41.3 cm³/mol. The summed E-state index contributed by atoms with van der Waals surface area (Å²) in [4.78, 5) is 10.1. The average Bonchev–Trinajstić information content (AvgIpc) is 2.04. The van der Waals surface area contributed by atoms with E-state index >= 15 is 0 Å². The molecule has 0 N–H and O–H groups in total. The van der Waals surface area contributed by atoms with Crippen LogP contribution in [0.1, 0.15) is 11.1 Å². The Morgan fingerprint density at radius 1 is 1.55 bits per heavy atom. The number of nitriles is 1. The molecule has 1 aromatic rings. The summed E-state index contributed by atoms with van der Waals surface area (Å²) in [5.41, 5.74) is 1.36. The van der Waals surface area contributed by atoms with E-state index in [2.05, 4.69) is 5.18 Å². The maximum Gasteiger partial charge on any atom is 0.126 e. The molecule has 1 aromatic carbocycles. The van der Waals surface area contributed by atoms with Gasteiger partial charge in [-0.1, -0.05) is 12.1 Å². The molecule has 0 aromatic heterocycles. The van der Waals surface area contributed by atoms with Gasteiger partial charge in [0, 0.05) is 0 Å². The van der Waals surface area contributed by atoms with Gasteiger partial charge >= 0.3 is 0 Å². The minimum atomic E-state index is 0.215. The van der Waals surface area contributed by atoms with E-state index in [9.17, 15) is 4.91 Å². The zero-order chi connectivity index (χ0) is 8.27. The van der Waals surface area contributed by atoms with Crippen LogP contribution in [-0.2, 0) is 0 Å². The van der Waals surface area contributed by atoms with Crippen LogP contribution in [0.4, 0.5) is 5.69 Å². The summed E-state index contributed by atoms with van der Waals surface area (Å²) >= 11 is 0. The number of hydrogen-bond donors (Lipinski definition) is 0. The minimum Gasteiger partial charge on any atom is -0.192 e. The van der Waals surface area contributed by atoms with Crippen molar-refractivity contribution >= 4 is 5.69 Å². The van der Waals surface area contributed by atoms with Crippen LogP contribution >= 0.6 is 0 Å². The Bertz CT molecular complexity index is 325. The smallest absolute Gasteiger partial charge is 0.126 e. The lowest BCUT2D eigenvalue weighted by Gasteiger charge is -1.95. The van der Waals surface area contributed by atoms with Crippen molar-refractivity contribution in [3.8, 4) is 6.07 Å². The highest BCUT2D eigenvalue weighted by Gasteiger charge is 2.02. The van der Waals surface area contributed by atoms with E-state index in [1.54, 1.807) is 19.1 Å². The van der Waals surface area contributed by atoms with E-state index in [0.29, 0.717) is 5.56 Å². The predicted octanol–water partition coefficient (Wildman–Crippen LogP) is 2.26. The van der Waals surface area contributed by atoms with E-state index in [1.807, 2.05) is 6.07 Å². The fourth-order valence-corrected chi connectivity index (χ4v) is 0.874. The van der Waals surface area contributed by atoms with E-state index in [0.717, 1.165) is 5.56 Å². The van der Waals surface area contributed by atoms with Crippen LogP contribution in [0.15, 0.2) is 23.4 Å². The van der Waals surface area contributed by atoms with Gasteiger partial charge in [0.25, 0.3) is 0 Å². The summed E-state index contributed by atoms with van der Waals surface area (Å²) in [7, 11) is 0. The Labute approximate surface area is 64.2 Å². The van der Waals surface area contributed by atoms with Gasteiger partial charge in [-0.25, -0.2) is 0 Å². The lowest BCUT2D eigenvalue weighted by Crippen LogP contribution is -1.80. The van der Waals surface area contributed by atoms with E-state index in [4.69, 9.17) is 5.26 Å². The van der Waals surface area contributed by atoms with Crippen LogP contribution in [0.3, 0.4) is 0 Å². The molecule has 0 atom stereocenters. The van der Waals surface area contributed by atoms with Crippen LogP contribution < -0.4 is 0 Å². The quantitative estimate of drug-likeness (QED) is 0.570. The van der Waals surface area contributed by atoms with Crippen molar-refractivity contribution in [1.82, 2.24) is 0 Å². The molecule has 0 aliphatic carbocycles. The largest absolute Gasteiger partial charge is 0.192 e. The average molecular weight is 146 g/mol. The van der Waals surface area contributed by atoms with Crippen molar-refractivity contribution < 1.29 is 0 Å². The Balaban J connectivity index is 3.38. The van der Waals surface area contributed by atoms with E-state index < -0.39 is 0 Å². The molecule has 0 aliphatic heterocycles. The van der Waals surface area contributed by atoms with Gasteiger partial charge < -0.3 is 0 Å². The first-order valence-electron chi connectivity index (χ1n) is 3.12. The second-order valence-electron chi connectivity index (χ2n) is 2.17. The molecule has 3 nitrogen and oxygen atoms in total. The third kappa shape index (κ3) is 1.24. The topological polar surface area (TPSA) is 53.2 Å². The summed E-state index contributed by atoms with van der Waals surface area (Å²) in [6, 6.07) is 6.92. The van der Waals surface area contributed by atoms with Crippen molar-refractivity contribution in [2.75, 3.05) is 0 Å². The van der Waals surface area contributed by atoms with Crippen molar-refractivity contribution in [3.05, 3.63) is 34.2 Å². The first-order chi connectivity index (χ1) is 5.29. The lowest BCUT2D eigenvalue weighted by molar-refractivity contribution is 1.35. The Morgan fingerprint density at radius 2 is 2.27 bits per heavy atom. The molecule has 11 heavy (non-hydrogen) atoms. The van der Waals surface area contributed by atoms with Crippen LogP contribution in [0.2, 0.25) is 0 Å². The molecule has 0 unspecified atom stereocenters. The summed E-state index contributed by atoms with van der Waals surface area (Å²) in [6.45, 7) is 1.77. The third-order valence-electron chi connectivity index (χ3n) is 1.46. The molecule has 0 spiro atoms. The van der Waals surface area contributed by atoms with Gasteiger partial charge in [0.05, 0.1) is 5.56 Å². The van der Waals surface area contributed by atoms with Crippen molar-refractivity contribution in [2.24, 2.45) is 5.18 Å². The SMILES string of the molecule is Cc1cccc(N=O)c1C#N. The third-order valence-corrected chi connectivity index (χ3v) is 1.46. The first kappa shape index (κ1) is 7.42. The number of nitroso groups, excluding NO2 is 1. The standard InChI is InChI=1S/C8H6N2O/c1-6-3-2-4-8(10-11)7(6)5-9/h2-4H,1H3. The molecule has 1 rings (SSSR count). The van der Waals surface area contributed by atoms with E-state index in [-0.39, 0.29) is 5.69 Å². The molecule has 3 heteroatoms. The normalized spacial score (nSPS) is 8.73. The first-order valence-corrected chi connectivity index (χ1v) is 3.12. The Morgan fingerprint density at radius 3 is 2.73 bits per heavy atom. The second-order valence-corrected chi connectivity index (χ2v) is 2.17. The Kier molecular flexibility index (Phi) is 1.98. The van der Waals surface area contributed by atoms with Crippen LogP contribution in [0, 0.1) is 23.2 Å². The molecule has 0 aliphatic rings. The summed E-state index contributed by atoms with van der Waals surface area (Å²) in [5.74, 6) is 0. The highest BCUT2D eigenvalue weighted by Crippen LogP contribution is 2.20. The maximum absolute atomic E-state index is 10.1. The fraction of sp³-hybridized carbons (Fsp3) is 0.125. The van der Waals surface area contributed by atoms with Gasteiger partial charge in [0.15, 0.2) is 0 Å². The number of benzene rings is 1. The number of rotatable bonds is 1. The maximum atomic E-state index is 10.1. The number of nitrogens with zero attached hydrogens (tertiary/aromatic N) is 2. The molecule has 54 valence electrons. The summed E-state index contributed by atoms with van der Waals surface area (Å²) in [5, 5.41) is 11.3. The number of aryl methyl sites for hydroxylation is 1. The lowest BCUT2D eigenvalue weighted by atomic mass is 10.1. The van der Waals surface area contributed by atoms with Crippen molar-refractivity contribution in [1.29, 1.82) is 5.26 Å². The molecule has 0 radical (unpaired) electrons. The van der Waals surface area contributed by atoms with Crippen LogP contribution in [0.25, 0.3) is 0 Å². The zero-order valence-corrected chi connectivity index (χ0v) is 6.03. The molecule has 0 saturated carbocycles. The monoisotopic (exact) mass is 146 g/mol. The molecule has 0 saturated heterocycles. The zero-order valence-electron chi connectivity index (χ0n) is 6.03. The van der Waals surface area contributed by atoms with Gasteiger partial charge in [-0.05, 0) is 23.7 Å². The van der Waals surface area contributed by atoms with Crippen molar-refractivity contribution in [2.45, 2.75) is 6.92 Å². The summed E-state index contributed by atoms with van der Waals surface area (Å²) < 4.78 is 0. The van der Waals surface area contributed by atoms with Crippen molar-refractivity contribution in [3.63, 3.8) is 0 Å². The second kappa shape index (κ2) is 2.93. The molecule has 0 bridgehead atoms. The van der Waals surface area contributed by atoms with Gasteiger partial charge in [-0.2, -0.15) is 5.26 Å². The highest BCUT2D eigenvalue weighted by atomic mass is 16.3. The van der Waals surface area contributed by atoms with Crippen LogP contribution in [0.5, 0.6) is 0 Å². The minimum absolute atomic E-state index is 0.215. The summed E-state index contributed by atoms with van der Waals surface area (Å²) in [6.07, 6.45) is 0. The van der Waals surface area contributed by atoms with Gasteiger partial charge in [0.1, 0.15) is 11.8 Å². The molecular formula is C8H6N2O. The molecule has 0 heterocycles. The van der Waals surface area contributed by atoms with Gasteiger partial charge in [0.2, 0.25) is 0 Å². The van der Waals surface area contributed by atoms with E-state index in [1.165, 1.54) is 6.07 Å². The molecule has 0 fully saturated rings. The molecular weight excluding hydrogens is 140 g/mol. The molecule has 0 amide bonds. The van der Waals surface area contributed by atoms with Gasteiger partial charge in [-0.3, -0.25) is 0 Å². The Hall–Kier alpha value is -1.69. The fourth-order valence-electron chi connectivity index (χ4n) is 0.874. The van der Waals surface area contributed by atoms with Gasteiger partial charge in [-0.15, -0.1) is 4.91 Å². The number of hydrogen-bond acceptors (Lipinski definition) is 3.